The number of morpholine rings is 1. The van der Waals surface area contributed by atoms with E-state index in [1.165, 1.54) is 0 Å². The van der Waals surface area contributed by atoms with E-state index in [2.05, 4.69) is 28.0 Å². The Kier molecular flexibility index (Phi) is 6.34. The fraction of sp³-hybridized carbons (Fsp3) is 0.348. The summed E-state index contributed by atoms with van der Waals surface area (Å²) >= 11 is 0. The standard InChI is InChI=1S/C23H27N7O/c1-4-11-30(16-17(5-2)24-3)23-27-21(19-7-6-8-20-18(19)9-10-25-20)26-22(28-23)29-12-14-31-15-13-29/h2,6-10,16,24-25H,4,11-15H2,1,3H3/b17-16-. The normalized spacial score (nSPS) is 14.5. The van der Waals surface area contributed by atoms with Crippen LogP contribution in [0.2, 0.25) is 0 Å². The minimum atomic E-state index is 0.573. The third-order valence-corrected chi connectivity index (χ3v) is 5.17. The number of hydrogen-bond donors (Lipinski definition) is 2. The predicted octanol–water partition coefficient (Wildman–Crippen LogP) is 2.77. The summed E-state index contributed by atoms with van der Waals surface area (Å²) < 4.78 is 5.51. The highest BCUT2D eigenvalue weighted by molar-refractivity contribution is 5.93. The average molecular weight is 418 g/mol. The first-order chi connectivity index (χ1) is 15.2. The number of ether oxygens (including phenoxy) is 1. The Morgan fingerprint density at radius 1 is 1.29 bits per heavy atom. The van der Waals surface area contributed by atoms with Crippen LogP contribution < -0.4 is 15.1 Å². The monoisotopic (exact) mass is 417 g/mol. The van der Waals surface area contributed by atoms with Crippen LogP contribution in [-0.2, 0) is 4.74 Å². The molecule has 3 heterocycles. The summed E-state index contributed by atoms with van der Waals surface area (Å²) in [7, 11) is 1.81. The molecule has 2 N–H and O–H groups in total. The van der Waals surface area contributed by atoms with Crippen LogP contribution in [0.5, 0.6) is 0 Å². The molecule has 4 rings (SSSR count). The van der Waals surface area contributed by atoms with E-state index >= 15 is 0 Å². The van der Waals surface area contributed by atoms with Crippen LogP contribution in [0.15, 0.2) is 42.4 Å². The van der Waals surface area contributed by atoms with Crippen LogP contribution in [0.25, 0.3) is 22.3 Å². The van der Waals surface area contributed by atoms with Gasteiger partial charge in [-0.3, -0.25) is 0 Å². The van der Waals surface area contributed by atoms with Gasteiger partial charge in [0.1, 0.15) is 5.70 Å². The molecule has 0 amide bonds. The first kappa shape index (κ1) is 20.7. The van der Waals surface area contributed by atoms with Gasteiger partial charge in [-0.25, -0.2) is 0 Å². The van der Waals surface area contributed by atoms with E-state index in [-0.39, 0.29) is 0 Å². The van der Waals surface area contributed by atoms with Crippen molar-refractivity contribution in [3.8, 4) is 23.7 Å². The van der Waals surface area contributed by atoms with Crippen LogP contribution in [0.4, 0.5) is 11.9 Å². The number of nitrogens with one attached hydrogen (secondary N) is 2. The van der Waals surface area contributed by atoms with Gasteiger partial charge in [-0.15, -0.1) is 6.42 Å². The van der Waals surface area contributed by atoms with Crippen molar-refractivity contribution in [1.29, 1.82) is 0 Å². The van der Waals surface area contributed by atoms with E-state index in [1.54, 1.807) is 7.05 Å². The molecule has 160 valence electrons. The zero-order valence-electron chi connectivity index (χ0n) is 17.9. The summed E-state index contributed by atoms with van der Waals surface area (Å²) in [6.45, 7) is 5.64. The Balaban J connectivity index is 1.86. The molecule has 8 nitrogen and oxygen atoms in total. The zero-order valence-corrected chi connectivity index (χ0v) is 17.9. The summed E-state index contributed by atoms with van der Waals surface area (Å²) in [5.74, 6) is 4.52. The van der Waals surface area contributed by atoms with Crippen LogP contribution in [0.1, 0.15) is 13.3 Å². The molecule has 1 aliphatic heterocycles. The number of terminal acetylenes is 1. The molecule has 0 aliphatic carbocycles. The van der Waals surface area contributed by atoms with Gasteiger partial charge in [0.2, 0.25) is 11.9 Å². The zero-order chi connectivity index (χ0) is 21.6. The van der Waals surface area contributed by atoms with Crippen molar-refractivity contribution in [3.63, 3.8) is 0 Å². The van der Waals surface area contributed by atoms with Crippen LogP contribution in [-0.4, -0.2) is 59.8 Å². The molecule has 0 atom stereocenters. The van der Waals surface area contributed by atoms with Gasteiger partial charge < -0.3 is 24.8 Å². The highest BCUT2D eigenvalue weighted by atomic mass is 16.5. The molecule has 1 aliphatic rings. The second kappa shape index (κ2) is 9.49. The predicted molar refractivity (Wildman–Crippen MR) is 124 cm³/mol. The van der Waals surface area contributed by atoms with E-state index in [0.717, 1.165) is 42.5 Å². The Morgan fingerprint density at radius 2 is 2.13 bits per heavy atom. The first-order valence-corrected chi connectivity index (χ1v) is 10.5. The van der Waals surface area contributed by atoms with Crippen molar-refractivity contribution in [3.05, 3.63) is 42.4 Å². The number of benzene rings is 1. The lowest BCUT2D eigenvalue weighted by atomic mass is 10.1. The van der Waals surface area contributed by atoms with Crippen molar-refractivity contribution in [2.45, 2.75) is 13.3 Å². The van der Waals surface area contributed by atoms with Gasteiger partial charge in [0.15, 0.2) is 5.82 Å². The molecular formula is C23H27N7O. The number of anilines is 2. The van der Waals surface area contributed by atoms with E-state index in [0.29, 0.717) is 36.6 Å². The second-order valence-corrected chi connectivity index (χ2v) is 7.23. The van der Waals surface area contributed by atoms with Crippen molar-refractivity contribution < 1.29 is 4.74 Å². The summed E-state index contributed by atoms with van der Waals surface area (Å²) in [6.07, 6.45) is 10.4. The third kappa shape index (κ3) is 4.47. The number of aromatic amines is 1. The number of allylic oxidation sites excluding steroid dienone is 1. The molecule has 0 saturated carbocycles. The maximum Gasteiger partial charge on any atom is 0.234 e. The topological polar surface area (TPSA) is 82.2 Å². The number of H-pyrrole nitrogens is 1. The molecule has 0 radical (unpaired) electrons. The van der Waals surface area contributed by atoms with Crippen molar-refractivity contribution in [2.24, 2.45) is 0 Å². The van der Waals surface area contributed by atoms with Gasteiger partial charge in [0.05, 0.1) is 13.2 Å². The third-order valence-electron chi connectivity index (χ3n) is 5.17. The van der Waals surface area contributed by atoms with E-state index < -0.39 is 0 Å². The highest BCUT2D eigenvalue weighted by Gasteiger charge is 2.20. The first-order valence-electron chi connectivity index (χ1n) is 10.5. The largest absolute Gasteiger partial charge is 0.380 e. The number of nitrogens with zero attached hydrogens (tertiary/aromatic N) is 5. The lowest BCUT2D eigenvalue weighted by Gasteiger charge is -2.28. The minimum absolute atomic E-state index is 0.573. The average Bonchev–Trinajstić information content (AvgIpc) is 3.31. The summed E-state index contributed by atoms with van der Waals surface area (Å²) in [5.41, 5.74) is 2.67. The number of fused-ring (bicyclic) bond motifs is 1. The maximum absolute atomic E-state index is 5.64. The summed E-state index contributed by atoms with van der Waals surface area (Å²) in [5, 5.41) is 4.11. The van der Waals surface area contributed by atoms with Crippen LogP contribution >= 0.6 is 0 Å². The molecule has 0 unspecified atom stereocenters. The molecule has 8 heteroatoms. The lowest BCUT2D eigenvalue weighted by Crippen LogP contribution is -2.38. The van der Waals surface area contributed by atoms with E-state index in [9.17, 15) is 0 Å². The maximum atomic E-state index is 5.64. The second-order valence-electron chi connectivity index (χ2n) is 7.23. The molecule has 3 aromatic rings. The highest BCUT2D eigenvalue weighted by Crippen LogP contribution is 2.28. The molecular weight excluding hydrogens is 390 g/mol. The van der Waals surface area contributed by atoms with Gasteiger partial charge in [-0.2, -0.15) is 15.0 Å². The van der Waals surface area contributed by atoms with Gasteiger partial charge in [-0.05, 0) is 18.6 Å². The molecule has 0 spiro atoms. The summed E-state index contributed by atoms with van der Waals surface area (Å²) in [4.78, 5) is 21.9. The number of aromatic nitrogens is 4. The Morgan fingerprint density at radius 3 is 2.87 bits per heavy atom. The molecule has 2 aromatic heterocycles. The van der Waals surface area contributed by atoms with Gasteiger partial charge in [0, 0.05) is 55.5 Å². The quantitative estimate of drug-likeness (QED) is 0.572. The van der Waals surface area contributed by atoms with Gasteiger partial charge in [-0.1, -0.05) is 25.0 Å². The number of rotatable bonds is 7. The van der Waals surface area contributed by atoms with Crippen molar-refractivity contribution in [1.82, 2.24) is 25.3 Å². The smallest absolute Gasteiger partial charge is 0.234 e. The molecule has 1 aromatic carbocycles. The fourth-order valence-corrected chi connectivity index (χ4v) is 3.58. The minimum Gasteiger partial charge on any atom is -0.380 e. The van der Waals surface area contributed by atoms with E-state index in [1.807, 2.05) is 41.6 Å². The van der Waals surface area contributed by atoms with Crippen LogP contribution in [0.3, 0.4) is 0 Å². The lowest BCUT2D eigenvalue weighted by molar-refractivity contribution is 0.122. The van der Waals surface area contributed by atoms with Crippen molar-refractivity contribution >= 4 is 22.8 Å². The van der Waals surface area contributed by atoms with Crippen molar-refractivity contribution in [2.75, 3.05) is 49.7 Å². The Hall–Kier alpha value is -3.57. The molecule has 31 heavy (non-hydrogen) atoms. The van der Waals surface area contributed by atoms with Gasteiger partial charge >= 0.3 is 0 Å². The number of hydrogen-bond acceptors (Lipinski definition) is 7. The Labute approximate surface area is 182 Å². The Bertz CT molecular complexity index is 1110. The molecule has 1 fully saturated rings. The SMILES string of the molecule is C#C/C(=C/N(CCC)c1nc(-c2cccc3[nH]ccc23)nc(N2CCOCC2)n1)NC. The van der Waals surface area contributed by atoms with E-state index in [4.69, 9.17) is 26.1 Å². The van der Waals surface area contributed by atoms with Gasteiger partial charge in [0.25, 0.3) is 0 Å². The van der Waals surface area contributed by atoms with Crippen LogP contribution in [0, 0.1) is 12.3 Å². The molecule has 1 saturated heterocycles. The fourth-order valence-electron chi connectivity index (χ4n) is 3.58. The molecule has 0 bridgehead atoms. The summed E-state index contributed by atoms with van der Waals surface area (Å²) in [6, 6.07) is 8.14.